The number of hydrogen-bond acceptors (Lipinski definition) is 3. The van der Waals surface area contributed by atoms with Crippen LogP contribution < -0.4 is 15.4 Å². The second kappa shape index (κ2) is 13.6. The fourth-order valence-electron chi connectivity index (χ4n) is 2.92. The molecule has 0 amide bonds. The van der Waals surface area contributed by atoms with Gasteiger partial charge in [-0.05, 0) is 42.2 Å². The first kappa shape index (κ1) is 23.7. The Morgan fingerprint density at radius 3 is 2.43 bits per heavy atom. The molecular formula is C23H30IN5O. The number of benzene rings is 2. The molecule has 3 rings (SSSR count). The molecule has 0 saturated heterocycles. The molecule has 1 aromatic heterocycles. The van der Waals surface area contributed by atoms with Gasteiger partial charge in [0, 0.05) is 39.1 Å². The van der Waals surface area contributed by atoms with Crippen LogP contribution in [0.5, 0.6) is 5.75 Å². The SMILES string of the molecule is CN=C(NCCCn1cccn1)NCCc1ccc(OCc2ccccc2)cc1.I. The third-order valence-electron chi connectivity index (χ3n) is 4.52. The minimum Gasteiger partial charge on any atom is -0.489 e. The van der Waals surface area contributed by atoms with Crippen LogP contribution in [0.15, 0.2) is 78.0 Å². The lowest BCUT2D eigenvalue weighted by molar-refractivity contribution is 0.306. The average Bonchev–Trinajstić information content (AvgIpc) is 3.29. The molecule has 2 N–H and O–H groups in total. The van der Waals surface area contributed by atoms with Gasteiger partial charge >= 0.3 is 0 Å². The summed E-state index contributed by atoms with van der Waals surface area (Å²) in [6.45, 7) is 3.16. The number of aromatic nitrogens is 2. The summed E-state index contributed by atoms with van der Waals surface area (Å²) in [5, 5.41) is 10.9. The molecule has 0 aliphatic heterocycles. The summed E-state index contributed by atoms with van der Waals surface area (Å²) in [6.07, 6.45) is 5.70. The molecule has 7 heteroatoms. The Labute approximate surface area is 195 Å². The van der Waals surface area contributed by atoms with Crippen LogP contribution in [0.3, 0.4) is 0 Å². The number of nitrogens with zero attached hydrogens (tertiary/aromatic N) is 3. The zero-order valence-corrected chi connectivity index (χ0v) is 19.7. The quantitative estimate of drug-likeness (QED) is 0.185. The van der Waals surface area contributed by atoms with E-state index in [1.54, 1.807) is 13.2 Å². The molecule has 2 aromatic carbocycles. The number of rotatable bonds is 10. The smallest absolute Gasteiger partial charge is 0.190 e. The second-order valence-electron chi connectivity index (χ2n) is 6.72. The highest BCUT2D eigenvalue weighted by Gasteiger charge is 2.00. The van der Waals surface area contributed by atoms with Gasteiger partial charge in [-0.15, -0.1) is 24.0 Å². The molecule has 0 atom stereocenters. The van der Waals surface area contributed by atoms with Crippen molar-refractivity contribution in [2.24, 2.45) is 4.99 Å². The molecule has 0 radical (unpaired) electrons. The van der Waals surface area contributed by atoms with E-state index in [2.05, 4.69) is 45.0 Å². The second-order valence-corrected chi connectivity index (χ2v) is 6.72. The van der Waals surface area contributed by atoms with E-state index in [4.69, 9.17) is 4.74 Å². The van der Waals surface area contributed by atoms with Gasteiger partial charge in [0.25, 0.3) is 0 Å². The van der Waals surface area contributed by atoms with E-state index in [0.29, 0.717) is 6.61 Å². The molecule has 30 heavy (non-hydrogen) atoms. The Hall–Kier alpha value is -2.55. The summed E-state index contributed by atoms with van der Waals surface area (Å²) >= 11 is 0. The van der Waals surface area contributed by atoms with Crippen molar-refractivity contribution < 1.29 is 4.74 Å². The Kier molecular flexibility index (Phi) is 10.8. The molecule has 1 heterocycles. The molecule has 3 aromatic rings. The molecule has 0 bridgehead atoms. The Morgan fingerprint density at radius 2 is 1.73 bits per heavy atom. The van der Waals surface area contributed by atoms with Crippen LogP contribution in [0.25, 0.3) is 0 Å². The van der Waals surface area contributed by atoms with Crippen LogP contribution in [0.4, 0.5) is 0 Å². The summed E-state index contributed by atoms with van der Waals surface area (Å²) in [5.41, 5.74) is 2.43. The van der Waals surface area contributed by atoms with E-state index in [1.807, 2.05) is 47.3 Å². The largest absolute Gasteiger partial charge is 0.489 e. The molecule has 0 unspecified atom stereocenters. The highest BCUT2D eigenvalue weighted by Crippen LogP contribution is 2.14. The van der Waals surface area contributed by atoms with E-state index >= 15 is 0 Å². The molecular weight excluding hydrogens is 489 g/mol. The van der Waals surface area contributed by atoms with Gasteiger partial charge in [-0.2, -0.15) is 5.10 Å². The molecule has 0 saturated carbocycles. The van der Waals surface area contributed by atoms with E-state index in [-0.39, 0.29) is 24.0 Å². The number of aliphatic imine (C=N–C) groups is 1. The minimum absolute atomic E-state index is 0. The number of aryl methyl sites for hydroxylation is 1. The van der Waals surface area contributed by atoms with Gasteiger partial charge in [0.15, 0.2) is 5.96 Å². The van der Waals surface area contributed by atoms with Crippen molar-refractivity contribution in [2.45, 2.75) is 26.0 Å². The highest BCUT2D eigenvalue weighted by atomic mass is 127. The molecule has 0 aliphatic carbocycles. The van der Waals surface area contributed by atoms with E-state index in [0.717, 1.165) is 44.2 Å². The lowest BCUT2D eigenvalue weighted by Gasteiger charge is -2.12. The van der Waals surface area contributed by atoms with Crippen molar-refractivity contribution >= 4 is 29.9 Å². The van der Waals surface area contributed by atoms with Gasteiger partial charge in [0.2, 0.25) is 0 Å². The molecule has 160 valence electrons. The number of hydrogen-bond donors (Lipinski definition) is 2. The first-order valence-corrected chi connectivity index (χ1v) is 10.0. The summed E-state index contributed by atoms with van der Waals surface area (Å²) in [5.74, 6) is 1.72. The standard InChI is InChI=1S/C23H29N5O.HI/c1-24-23(25-14-5-17-28-18-6-15-27-28)26-16-13-20-9-11-22(12-10-20)29-19-21-7-3-2-4-8-21;/h2-4,6-12,15,18H,5,13-14,16-17,19H2,1H3,(H2,24,25,26);1H. The van der Waals surface area contributed by atoms with Crippen molar-refractivity contribution in [3.63, 3.8) is 0 Å². The number of halogens is 1. The Bertz CT molecular complexity index is 851. The Balaban J connectivity index is 0.00000320. The van der Waals surface area contributed by atoms with Crippen molar-refractivity contribution in [3.05, 3.63) is 84.2 Å². The van der Waals surface area contributed by atoms with E-state index in [9.17, 15) is 0 Å². The average molecular weight is 519 g/mol. The highest BCUT2D eigenvalue weighted by molar-refractivity contribution is 14.0. The fourth-order valence-corrected chi connectivity index (χ4v) is 2.92. The first-order chi connectivity index (χ1) is 14.3. The summed E-state index contributed by atoms with van der Waals surface area (Å²) in [4.78, 5) is 4.27. The van der Waals surface area contributed by atoms with Gasteiger partial charge in [-0.1, -0.05) is 42.5 Å². The number of ether oxygens (including phenoxy) is 1. The van der Waals surface area contributed by atoms with Crippen molar-refractivity contribution in [1.29, 1.82) is 0 Å². The van der Waals surface area contributed by atoms with Crippen LogP contribution in [-0.4, -0.2) is 35.9 Å². The lowest BCUT2D eigenvalue weighted by Crippen LogP contribution is -2.39. The molecule has 6 nitrogen and oxygen atoms in total. The van der Waals surface area contributed by atoms with Gasteiger partial charge in [-0.3, -0.25) is 9.67 Å². The van der Waals surface area contributed by atoms with Gasteiger partial charge in [0.05, 0.1) is 0 Å². The van der Waals surface area contributed by atoms with Crippen molar-refractivity contribution in [3.8, 4) is 5.75 Å². The van der Waals surface area contributed by atoms with Crippen molar-refractivity contribution in [1.82, 2.24) is 20.4 Å². The monoisotopic (exact) mass is 519 g/mol. The number of guanidine groups is 1. The number of nitrogens with one attached hydrogen (secondary N) is 2. The zero-order valence-electron chi connectivity index (χ0n) is 17.3. The van der Waals surface area contributed by atoms with E-state index < -0.39 is 0 Å². The molecule has 0 fully saturated rings. The van der Waals surface area contributed by atoms with Gasteiger partial charge in [-0.25, -0.2) is 0 Å². The van der Waals surface area contributed by atoms with Gasteiger partial charge < -0.3 is 15.4 Å². The van der Waals surface area contributed by atoms with Crippen molar-refractivity contribution in [2.75, 3.05) is 20.1 Å². The summed E-state index contributed by atoms with van der Waals surface area (Å²) in [6, 6.07) is 20.4. The lowest BCUT2D eigenvalue weighted by atomic mass is 10.1. The first-order valence-electron chi connectivity index (χ1n) is 10.0. The Morgan fingerprint density at radius 1 is 0.967 bits per heavy atom. The van der Waals surface area contributed by atoms with Crippen LogP contribution in [0.1, 0.15) is 17.5 Å². The maximum Gasteiger partial charge on any atom is 0.190 e. The van der Waals surface area contributed by atoms with Crippen LogP contribution >= 0.6 is 24.0 Å². The normalized spacial score (nSPS) is 10.9. The topological polar surface area (TPSA) is 63.5 Å². The van der Waals surface area contributed by atoms with Crippen LogP contribution in [0.2, 0.25) is 0 Å². The molecule has 0 aliphatic rings. The third-order valence-corrected chi connectivity index (χ3v) is 4.52. The third kappa shape index (κ3) is 8.44. The van der Waals surface area contributed by atoms with Crippen LogP contribution in [0, 0.1) is 0 Å². The van der Waals surface area contributed by atoms with Gasteiger partial charge in [0.1, 0.15) is 12.4 Å². The predicted octanol–water partition coefficient (Wildman–Crippen LogP) is 3.88. The fraction of sp³-hybridized carbons (Fsp3) is 0.304. The maximum atomic E-state index is 5.84. The van der Waals surface area contributed by atoms with E-state index in [1.165, 1.54) is 11.1 Å². The summed E-state index contributed by atoms with van der Waals surface area (Å²) < 4.78 is 7.77. The minimum atomic E-state index is 0. The van der Waals surface area contributed by atoms with Crippen LogP contribution in [-0.2, 0) is 19.6 Å². The maximum absolute atomic E-state index is 5.84. The zero-order chi connectivity index (χ0) is 20.2. The molecule has 0 spiro atoms. The predicted molar refractivity (Wildman–Crippen MR) is 133 cm³/mol. The summed E-state index contributed by atoms with van der Waals surface area (Å²) in [7, 11) is 1.79.